The Morgan fingerprint density at radius 3 is 2.03 bits per heavy atom. The van der Waals surface area contributed by atoms with Crippen molar-refractivity contribution in [3.8, 4) is 16.9 Å². The van der Waals surface area contributed by atoms with Gasteiger partial charge in [-0.05, 0) is 38.5 Å². The molecule has 2 amide bonds. The van der Waals surface area contributed by atoms with Crippen LogP contribution in [0.1, 0.15) is 32.3 Å². The first-order valence-electron chi connectivity index (χ1n) is 11.8. The molecule has 35 heavy (non-hydrogen) atoms. The van der Waals surface area contributed by atoms with E-state index in [1.807, 2.05) is 123 Å². The third-order valence-electron chi connectivity index (χ3n) is 5.95. The van der Waals surface area contributed by atoms with Crippen molar-refractivity contribution in [2.45, 2.75) is 32.7 Å². The highest BCUT2D eigenvalue weighted by Crippen LogP contribution is 2.24. The van der Waals surface area contributed by atoms with E-state index in [0.29, 0.717) is 5.95 Å². The number of para-hydroxylation sites is 1. The zero-order valence-corrected chi connectivity index (χ0v) is 20.3. The second-order valence-electron chi connectivity index (χ2n) is 8.76. The second kappa shape index (κ2) is 10.8. The number of nitrogens with one attached hydrogen (secondary N) is 1. The maximum Gasteiger partial charge on any atom is 0.246 e. The predicted octanol–water partition coefficient (Wildman–Crippen LogP) is 5.52. The average molecular weight is 467 g/mol. The number of imidazole rings is 1. The highest BCUT2D eigenvalue weighted by Gasteiger charge is 2.26. The number of hydrogen-bond acceptors (Lipinski definition) is 3. The van der Waals surface area contributed by atoms with Crippen LogP contribution in [0.4, 0.5) is 5.95 Å². The summed E-state index contributed by atoms with van der Waals surface area (Å²) in [6, 6.07) is 29.0. The molecular formula is C29H30N4O2. The molecule has 0 saturated carbocycles. The van der Waals surface area contributed by atoms with Gasteiger partial charge in [0, 0.05) is 23.5 Å². The largest absolute Gasteiger partial charge is 0.330 e. The van der Waals surface area contributed by atoms with Gasteiger partial charge in [0.2, 0.25) is 17.8 Å². The van der Waals surface area contributed by atoms with E-state index in [-0.39, 0.29) is 30.3 Å². The van der Waals surface area contributed by atoms with E-state index in [2.05, 4.69) is 5.32 Å². The zero-order chi connectivity index (χ0) is 24.8. The molecule has 0 aliphatic rings. The van der Waals surface area contributed by atoms with Gasteiger partial charge in [-0.1, -0.05) is 78.9 Å². The number of carbonyl (C=O) groups is 2. The van der Waals surface area contributed by atoms with E-state index in [1.165, 1.54) is 0 Å². The average Bonchev–Trinajstić information content (AvgIpc) is 3.31. The molecule has 0 saturated heterocycles. The van der Waals surface area contributed by atoms with Crippen LogP contribution in [0.5, 0.6) is 0 Å². The molecule has 1 N–H and O–H groups in total. The van der Waals surface area contributed by atoms with Crippen LogP contribution in [0.2, 0.25) is 0 Å². The maximum absolute atomic E-state index is 13.3. The molecule has 0 aliphatic carbocycles. The van der Waals surface area contributed by atoms with Crippen molar-refractivity contribution in [3.05, 3.63) is 103 Å². The Balaban J connectivity index is 1.57. The van der Waals surface area contributed by atoms with Gasteiger partial charge in [-0.2, -0.15) is 0 Å². The summed E-state index contributed by atoms with van der Waals surface area (Å²) in [6.07, 6.45) is 1.91. The van der Waals surface area contributed by atoms with E-state index in [9.17, 15) is 9.59 Å². The first kappa shape index (κ1) is 24.0. The Kier molecular flexibility index (Phi) is 7.41. The predicted molar refractivity (Wildman–Crippen MR) is 139 cm³/mol. The SMILES string of the molecule is CC(C)N(CC(=O)Nc1nc(-c2ccccc2)cn1-c1ccccc1)C(=O)[C@H](C)c1ccccc1. The fourth-order valence-electron chi connectivity index (χ4n) is 3.97. The maximum atomic E-state index is 13.3. The lowest BCUT2D eigenvalue weighted by Crippen LogP contribution is -2.44. The minimum Gasteiger partial charge on any atom is -0.330 e. The van der Waals surface area contributed by atoms with Gasteiger partial charge in [0.1, 0.15) is 6.54 Å². The summed E-state index contributed by atoms with van der Waals surface area (Å²) >= 11 is 0. The summed E-state index contributed by atoms with van der Waals surface area (Å²) in [4.78, 5) is 32.8. The Labute approximate surface area is 206 Å². The lowest BCUT2D eigenvalue weighted by Gasteiger charge is -2.29. The lowest BCUT2D eigenvalue weighted by atomic mass is 9.99. The summed E-state index contributed by atoms with van der Waals surface area (Å²) in [7, 11) is 0. The smallest absolute Gasteiger partial charge is 0.246 e. The van der Waals surface area contributed by atoms with Crippen molar-refractivity contribution < 1.29 is 9.59 Å². The van der Waals surface area contributed by atoms with Gasteiger partial charge < -0.3 is 4.90 Å². The molecule has 178 valence electrons. The van der Waals surface area contributed by atoms with Crippen LogP contribution in [-0.4, -0.2) is 38.9 Å². The molecule has 1 atom stereocenters. The number of anilines is 1. The van der Waals surface area contributed by atoms with Crippen molar-refractivity contribution in [2.24, 2.45) is 0 Å². The molecule has 3 aromatic carbocycles. The number of benzene rings is 3. The minimum absolute atomic E-state index is 0.0595. The summed E-state index contributed by atoms with van der Waals surface area (Å²) in [5.41, 5.74) is 3.51. The molecule has 1 aromatic heterocycles. The molecule has 6 nitrogen and oxygen atoms in total. The molecule has 0 aliphatic heterocycles. The van der Waals surface area contributed by atoms with E-state index in [4.69, 9.17) is 4.98 Å². The number of nitrogens with zero attached hydrogens (tertiary/aromatic N) is 3. The molecule has 6 heteroatoms. The first-order valence-corrected chi connectivity index (χ1v) is 11.8. The fourth-order valence-corrected chi connectivity index (χ4v) is 3.97. The number of hydrogen-bond donors (Lipinski definition) is 1. The Morgan fingerprint density at radius 2 is 1.43 bits per heavy atom. The van der Waals surface area contributed by atoms with Crippen LogP contribution in [0, 0.1) is 0 Å². The molecule has 4 aromatic rings. The van der Waals surface area contributed by atoms with Crippen LogP contribution < -0.4 is 5.32 Å². The Morgan fingerprint density at radius 1 is 0.857 bits per heavy atom. The zero-order valence-electron chi connectivity index (χ0n) is 20.3. The molecule has 1 heterocycles. The highest BCUT2D eigenvalue weighted by atomic mass is 16.2. The van der Waals surface area contributed by atoms with E-state index in [1.54, 1.807) is 4.90 Å². The molecule has 4 rings (SSSR count). The number of aromatic nitrogens is 2. The monoisotopic (exact) mass is 466 g/mol. The van der Waals surface area contributed by atoms with Gasteiger partial charge in [-0.3, -0.25) is 19.5 Å². The van der Waals surface area contributed by atoms with Crippen molar-refractivity contribution >= 4 is 17.8 Å². The van der Waals surface area contributed by atoms with Crippen LogP contribution >= 0.6 is 0 Å². The van der Waals surface area contributed by atoms with Gasteiger partial charge in [0.05, 0.1) is 11.6 Å². The van der Waals surface area contributed by atoms with Gasteiger partial charge in [-0.25, -0.2) is 4.98 Å². The van der Waals surface area contributed by atoms with Crippen molar-refractivity contribution in [1.82, 2.24) is 14.5 Å². The van der Waals surface area contributed by atoms with Crippen LogP contribution in [0.3, 0.4) is 0 Å². The molecule has 0 bridgehead atoms. The number of carbonyl (C=O) groups excluding carboxylic acids is 2. The molecule has 0 fully saturated rings. The van der Waals surface area contributed by atoms with Gasteiger partial charge in [0.25, 0.3) is 0 Å². The Hall–Kier alpha value is -4.19. The highest BCUT2D eigenvalue weighted by molar-refractivity contribution is 5.95. The van der Waals surface area contributed by atoms with Crippen LogP contribution in [0.25, 0.3) is 16.9 Å². The summed E-state index contributed by atoms with van der Waals surface area (Å²) in [5, 5.41) is 2.94. The summed E-state index contributed by atoms with van der Waals surface area (Å²) < 4.78 is 1.86. The van der Waals surface area contributed by atoms with E-state index in [0.717, 1.165) is 22.5 Å². The topological polar surface area (TPSA) is 67.2 Å². The quantitative estimate of drug-likeness (QED) is 0.372. The third kappa shape index (κ3) is 5.66. The first-order chi connectivity index (χ1) is 16.9. The van der Waals surface area contributed by atoms with E-state index >= 15 is 0 Å². The van der Waals surface area contributed by atoms with Crippen LogP contribution in [-0.2, 0) is 9.59 Å². The minimum atomic E-state index is -0.345. The molecule has 0 unspecified atom stereocenters. The van der Waals surface area contributed by atoms with E-state index < -0.39 is 0 Å². The molecule has 0 spiro atoms. The molecular weight excluding hydrogens is 436 g/mol. The van der Waals surface area contributed by atoms with Crippen molar-refractivity contribution in [3.63, 3.8) is 0 Å². The van der Waals surface area contributed by atoms with Gasteiger partial charge in [-0.15, -0.1) is 0 Å². The fraction of sp³-hybridized carbons (Fsp3) is 0.207. The van der Waals surface area contributed by atoms with Crippen molar-refractivity contribution in [2.75, 3.05) is 11.9 Å². The number of rotatable bonds is 8. The Bertz CT molecular complexity index is 1270. The normalized spacial score (nSPS) is 11.8. The molecule has 0 radical (unpaired) electrons. The van der Waals surface area contributed by atoms with Gasteiger partial charge in [0.15, 0.2) is 0 Å². The third-order valence-corrected chi connectivity index (χ3v) is 5.95. The van der Waals surface area contributed by atoms with Gasteiger partial charge >= 0.3 is 0 Å². The summed E-state index contributed by atoms with van der Waals surface area (Å²) in [6.45, 7) is 5.65. The summed E-state index contributed by atoms with van der Waals surface area (Å²) in [5.74, 6) is -0.317. The standard InChI is InChI=1S/C29H30N4O2/c1-21(2)32(28(35)22(3)23-13-7-4-8-14-23)20-27(34)31-29-30-26(24-15-9-5-10-16-24)19-33(29)25-17-11-6-12-18-25/h4-19,21-22H,20H2,1-3H3,(H,30,31,34)/t22-/m1/s1. The lowest BCUT2D eigenvalue weighted by molar-refractivity contribution is -0.137. The van der Waals surface area contributed by atoms with Crippen LogP contribution in [0.15, 0.2) is 97.2 Å². The second-order valence-corrected chi connectivity index (χ2v) is 8.76. The number of amides is 2. The van der Waals surface area contributed by atoms with Crippen molar-refractivity contribution in [1.29, 1.82) is 0 Å².